The molecule has 2 N–H and O–H groups in total. The van der Waals surface area contributed by atoms with Gasteiger partial charge in [0.05, 0.1) is 5.56 Å². The number of aromatic hydroxyl groups is 1. The van der Waals surface area contributed by atoms with Gasteiger partial charge in [-0.05, 0) is 25.1 Å². The SMILES string of the molecule is C=C(C)NC(=O)c1cc(OC(F)(F)F)ccc1O. The molecule has 1 rings (SSSR count). The van der Waals surface area contributed by atoms with Crippen molar-refractivity contribution in [3.8, 4) is 11.5 Å². The molecule has 0 saturated carbocycles. The minimum absolute atomic E-state index is 0.293. The Labute approximate surface area is 101 Å². The summed E-state index contributed by atoms with van der Waals surface area (Å²) in [5.41, 5.74) is -0.0405. The van der Waals surface area contributed by atoms with Gasteiger partial charge in [-0.25, -0.2) is 0 Å². The smallest absolute Gasteiger partial charge is 0.507 e. The van der Waals surface area contributed by atoms with Crippen LogP contribution >= 0.6 is 0 Å². The van der Waals surface area contributed by atoms with E-state index < -0.39 is 23.8 Å². The summed E-state index contributed by atoms with van der Waals surface area (Å²) < 4.78 is 39.6. The highest BCUT2D eigenvalue weighted by Crippen LogP contribution is 2.27. The van der Waals surface area contributed by atoms with Crippen LogP contribution < -0.4 is 10.1 Å². The molecule has 1 amide bonds. The molecular formula is C11H10F3NO3. The van der Waals surface area contributed by atoms with Gasteiger partial charge in [-0.3, -0.25) is 4.79 Å². The quantitative estimate of drug-likeness (QED) is 0.879. The molecule has 0 aliphatic heterocycles. The molecule has 0 bridgehead atoms. The Morgan fingerprint density at radius 2 is 2.06 bits per heavy atom. The number of carbonyl (C=O) groups is 1. The number of allylic oxidation sites excluding steroid dienone is 1. The third-order valence-electron chi connectivity index (χ3n) is 1.77. The highest BCUT2D eigenvalue weighted by atomic mass is 19.4. The fraction of sp³-hybridized carbons (Fsp3) is 0.182. The molecule has 7 heteroatoms. The van der Waals surface area contributed by atoms with E-state index in [1.54, 1.807) is 0 Å². The second kappa shape index (κ2) is 4.99. The van der Waals surface area contributed by atoms with Crippen LogP contribution in [-0.4, -0.2) is 17.4 Å². The van der Waals surface area contributed by atoms with Crippen molar-refractivity contribution >= 4 is 5.91 Å². The van der Waals surface area contributed by atoms with Gasteiger partial charge in [0.2, 0.25) is 0 Å². The van der Waals surface area contributed by atoms with E-state index in [9.17, 15) is 23.1 Å². The molecule has 0 heterocycles. The number of halogens is 3. The van der Waals surface area contributed by atoms with Crippen molar-refractivity contribution in [2.24, 2.45) is 0 Å². The molecule has 0 aromatic heterocycles. The number of benzene rings is 1. The summed E-state index contributed by atoms with van der Waals surface area (Å²) in [6.07, 6.45) is -4.86. The Hall–Kier alpha value is -2.18. The van der Waals surface area contributed by atoms with Gasteiger partial charge in [0.25, 0.3) is 5.91 Å². The van der Waals surface area contributed by atoms with Gasteiger partial charge in [-0.1, -0.05) is 6.58 Å². The van der Waals surface area contributed by atoms with E-state index in [1.807, 2.05) is 0 Å². The lowest BCUT2D eigenvalue weighted by Gasteiger charge is -2.11. The number of alkyl halides is 3. The van der Waals surface area contributed by atoms with Gasteiger partial charge >= 0.3 is 6.36 Å². The molecule has 18 heavy (non-hydrogen) atoms. The Bertz CT molecular complexity index is 483. The first kappa shape index (κ1) is 13.9. The number of carbonyl (C=O) groups excluding carboxylic acids is 1. The molecule has 1 aromatic rings. The third kappa shape index (κ3) is 4.00. The molecule has 4 nitrogen and oxygen atoms in total. The van der Waals surface area contributed by atoms with Crippen LogP contribution in [-0.2, 0) is 0 Å². The van der Waals surface area contributed by atoms with Crippen LogP contribution in [0.3, 0.4) is 0 Å². The van der Waals surface area contributed by atoms with Crippen LogP contribution in [0, 0.1) is 0 Å². The van der Waals surface area contributed by atoms with Gasteiger partial charge in [-0.2, -0.15) is 0 Å². The second-order valence-electron chi connectivity index (χ2n) is 3.46. The number of phenolic OH excluding ortho intramolecular Hbond substituents is 1. The molecule has 0 aliphatic rings. The number of hydrogen-bond donors (Lipinski definition) is 2. The van der Waals surface area contributed by atoms with Crippen LogP contribution in [0.5, 0.6) is 11.5 Å². The highest BCUT2D eigenvalue weighted by molar-refractivity contribution is 5.98. The lowest BCUT2D eigenvalue weighted by Crippen LogP contribution is -2.21. The zero-order valence-corrected chi connectivity index (χ0v) is 9.34. The maximum absolute atomic E-state index is 12.0. The van der Waals surface area contributed by atoms with Gasteiger partial charge < -0.3 is 15.2 Å². The number of nitrogens with one attached hydrogen (secondary N) is 1. The highest BCUT2D eigenvalue weighted by Gasteiger charge is 2.31. The molecule has 0 atom stereocenters. The average molecular weight is 261 g/mol. The zero-order chi connectivity index (χ0) is 13.9. The Kier molecular flexibility index (Phi) is 3.85. The zero-order valence-electron chi connectivity index (χ0n) is 9.34. The topological polar surface area (TPSA) is 58.6 Å². The Morgan fingerprint density at radius 3 is 2.56 bits per heavy atom. The molecular weight excluding hydrogens is 251 g/mol. The van der Waals surface area contributed by atoms with Crippen LogP contribution in [0.1, 0.15) is 17.3 Å². The third-order valence-corrected chi connectivity index (χ3v) is 1.77. The van der Waals surface area contributed by atoms with E-state index in [2.05, 4.69) is 16.6 Å². The van der Waals surface area contributed by atoms with Crippen LogP contribution in [0.15, 0.2) is 30.5 Å². The molecule has 0 unspecified atom stereocenters. The van der Waals surface area contributed by atoms with Crippen molar-refractivity contribution < 1.29 is 27.8 Å². The maximum Gasteiger partial charge on any atom is 0.573 e. The van der Waals surface area contributed by atoms with Gasteiger partial charge in [0, 0.05) is 5.70 Å². The minimum atomic E-state index is -4.86. The lowest BCUT2D eigenvalue weighted by molar-refractivity contribution is -0.274. The van der Waals surface area contributed by atoms with Crippen molar-refractivity contribution in [1.82, 2.24) is 5.32 Å². The van der Waals surface area contributed by atoms with Crippen molar-refractivity contribution in [3.63, 3.8) is 0 Å². The van der Waals surface area contributed by atoms with Gasteiger partial charge in [0.15, 0.2) is 0 Å². The summed E-state index contributed by atoms with van der Waals surface area (Å²) in [5, 5.41) is 11.6. The Morgan fingerprint density at radius 1 is 1.44 bits per heavy atom. The monoisotopic (exact) mass is 261 g/mol. The van der Waals surface area contributed by atoms with Gasteiger partial charge in [-0.15, -0.1) is 13.2 Å². The molecule has 0 aliphatic carbocycles. The predicted octanol–water partition coefficient (Wildman–Crippen LogP) is 2.55. The maximum atomic E-state index is 12.0. The molecule has 0 saturated heterocycles. The summed E-state index contributed by atoms with van der Waals surface area (Å²) in [5.74, 6) is -1.82. The lowest BCUT2D eigenvalue weighted by atomic mass is 10.1. The van der Waals surface area contributed by atoms with E-state index in [1.165, 1.54) is 6.92 Å². The predicted molar refractivity (Wildman–Crippen MR) is 57.1 cm³/mol. The fourth-order valence-electron chi connectivity index (χ4n) is 1.16. The molecule has 0 spiro atoms. The van der Waals surface area contributed by atoms with Crippen LogP contribution in [0.2, 0.25) is 0 Å². The minimum Gasteiger partial charge on any atom is -0.507 e. The molecule has 0 fully saturated rings. The summed E-state index contributed by atoms with van der Waals surface area (Å²) in [7, 11) is 0. The number of phenols is 1. The van der Waals surface area contributed by atoms with E-state index in [4.69, 9.17) is 0 Å². The van der Waals surface area contributed by atoms with Crippen molar-refractivity contribution in [2.45, 2.75) is 13.3 Å². The van der Waals surface area contributed by atoms with Crippen molar-refractivity contribution in [3.05, 3.63) is 36.0 Å². The van der Waals surface area contributed by atoms with Gasteiger partial charge in [0.1, 0.15) is 11.5 Å². The second-order valence-corrected chi connectivity index (χ2v) is 3.46. The molecule has 0 radical (unpaired) electrons. The fourth-order valence-corrected chi connectivity index (χ4v) is 1.16. The van der Waals surface area contributed by atoms with E-state index >= 15 is 0 Å². The first-order valence-electron chi connectivity index (χ1n) is 4.74. The summed E-state index contributed by atoms with van der Waals surface area (Å²) in [6.45, 7) is 4.90. The standard InChI is InChI=1S/C11H10F3NO3/c1-6(2)15-10(17)8-5-7(3-4-9(8)16)18-11(12,13)14/h3-5,16H,1H2,2H3,(H,15,17). The van der Waals surface area contributed by atoms with Crippen molar-refractivity contribution in [1.29, 1.82) is 0 Å². The summed E-state index contributed by atoms with van der Waals surface area (Å²) in [6, 6.07) is 2.63. The number of amides is 1. The van der Waals surface area contributed by atoms with E-state index in [-0.39, 0.29) is 5.56 Å². The van der Waals surface area contributed by atoms with Crippen LogP contribution in [0.4, 0.5) is 13.2 Å². The number of hydrogen-bond acceptors (Lipinski definition) is 3. The van der Waals surface area contributed by atoms with E-state index in [0.29, 0.717) is 5.70 Å². The first-order chi connectivity index (χ1) is 8.19. The number of ether oxygens (including phenoxy) is 1. The molecule has 1 aromatic carbocycles. The van der Waals surface area contributed by atoms with Crippen LogP contribution in [0.25, 0.3) is 0 Å². The Balaban J connectivity index is 3.01. The van der Waals surface area contributed by atoms with Crippen molar-refractivity contribution in [2.75, 3.05) is 0 Å². The number of rotatable bonds is 3. The molecule has 98 valence electrons. The first-order valence-corrected chi connectivity index (χ1v) is 4.74. The average Bonchev–Trinajstić information content (AvgIpc) is 2.17. The summed E-state index contributed by atoms with van der Waals surface area (Å²) in [4.78, 5) is 11.5. The normalized spacial score (nSPS) is 10.9. The summed E-state index contributed by atoms with van der Waals surface area (Å²) >= 11 is 0. The van der Waals surface area contributed by atoms with E-state index in [0.717, 1.165) is 18.2 Å². The largest absolute Gasteiger partial charge is 0.573 e.